The van der Waals surface area contributed by atoms with Gasteiger partial charge in [-0.1, -0.05) is 39.7 Å². The Hall–Kier alpha value is -3.62. The number of nitrogens with zero attached hydrogens (tertiary/aromatic N) is 2. The van der Waals surface area contributed by atoms with Crippen LogP contribution in [0.15, 0.2) is 27.4 Å². The van der Waals surface area contributed by atoms with Crippen LogP contribution >= 0.6 is 0 Å². The lowest BCUT2D eigenvalue weighted by Gasteiger charge is -2.18. The first-order chi connectivity index (χ1) is 16.3. The molecule has 0 atom stereocenters. The van der Waals surface area contributed by atoms with Gasteiger partial charge in [0, 0.05) is 5.69 Å². The number of carbonyl (C=O) groups excluding carboxylic acids is 1. The van der Waals surface area contributed by atoms with Gasteiger partial charge in [-0.3, -0.25) is 9.59 Å². The molecule has 0 aliphatic carbocycles. The average Bonchev–Trinajstić information content (AvgIpc) is 3.24. The number of Topliss-reactive ketones (excluding diaryl/α,β-unsaturated/α-hetero) is 1. The maximum Gasteiger partial charge on any atom is 0.264 e. The zero-order valence-electron chi connectivity index (χ0n) is 20.7. The van der Waals surface area contributed by atoms with E-state index >= 15 is 0 Å². The summed E-state index contributed by atoms with van der Waals surface area (Å²) >= 11 is 0. The zero-order chi connectivity index (χ0) is 25.3. The van der Waals surface area contributed by atoms with Crippen molar-refractivity contribution in [1.82, 2.24) is 15.2 Å². The van der Waals surface area contributed by atoms with Crippen molar-refractivity contribution in [1.29, 1.82) is 0 Å². The Kier molecular flexibility index (Phi) is 9.85. The SMILES string of the molecule is CCC.CCCCc1[nH]c(=O)c(-c2nnc(CC(C)=O)o2)c(O)c1-c1c(OC)cccc1OC. The molecule has 34 heavy (non-hydrogen) atoms. The minimum Gasteiger partial charge on any atom is -0.506 e. The number of rotatable bonds is 9. The summed E-state index contributed by atoms with van der Waals surface area (Å²) in [5, 5.41) is 18.9. The predicted molar refractivity (Wildman–Crippen MR) is 130 cm³/mol. The van der Waals surface area contributed by atoms with Crippen molar-refractivity contribution in [3.63, 3.8) is 0 Å². The average molecular weight is 472 g/mol. The van der Waals surface area contributed by atoms with Gasteiger partial charge in [0.15, 0.2) is 0 Å². The van der Waals surface area contributed by atoms with Gasteiger partial charge in [0.2, 0.25) is 5.89 Å². The summed E-state index contributed by atoms with van der Waals surface area (Å²) in [7, 11) is 3.03. The van der Waals surface area contributed by atoms with Crippen LogP contribution in [-0.4, -0.2) is 40.3 Å². The highest BCUT2D eigenvalue weighted by Gasteiger charge is 2.27. The van der Waals surface area contributed by atoms with E-state index in [1.165, 1.54) is 27.6 Å². The fourth-order valence-electron chi connectivity index (χ4n) is 3.38. The van der Waals surface area contributed by atoms with Crippen LogP contribution in [-0.2, 0) is 17.6 Å². The molecule has 0 unspecified atom stereocenters. The Labute approximate surface area is 199 Å². The highest BCUT2D eigenvalue weighted by molar-refractivity contribution is 5.87. The molecule has 2 aromatic heterocycles. The number of unbranched alkanes of at least 4 members (excludes halogenated alkanes) is 1. The predicted octanol–water partition coefficient (Wildman–Crippen LogP) is 4.71. The minimum atomic E-state index is -0.570. The molecule has 3 rings (SSSR count). The molecule has 0 bridgehead atoms. The summed E-state index contributed by atoms with van der Waals surface area (Å²) in [5.41, 5.74) is 0.657. The van der Waals surface area contributed by atoms with Crippen LogP contribution in [0.4, 0.5) is 0 Å². The van der Waals surface area contributed by atoms with E-state index in [1.807, 2.05) is 6.92 Å². The van der Waals surface area contributed by atoms with Crippen molar-refractivity contribution >= 4 is 5.78 Å². The molecule has 0 fully saturated rings. The number of benzene rings is 1. The lowest BCUT2D eigenvalue weighted by molar-refractivity contribution is -0.116. The molecule has 0 aliphatic heterocycles. The quantitative estimate of drug-likeness (QED) is 0.459. The lowest BCUT2D eigenvalue weighted by Crippen LogP contribution is -2.14. The van der Waals surface area contributed by atoms with Gasteiger partial charge in [-0.15, -0.1) is 10.2 Å². The summed E-state index contributed by atoms with van der Waals surface area (Å²) in [6.07, 6.45) is 3.40. The normalized spacial score (nSPS) is 10.4. The summed E-state index contributed by atoms with van der Waals surface area (Å²) in [6, 6.07) is 5.25. The van der Waals surface area contributed by atoms with Gasteiger partial charge in [-0.2, -0.15) is 0 Å². The summed E-state index contributed by atoms with van der Waals surface area (Å²) in [6.45, 7) is 7.67. The van der Waals surface area contributed by atoms with Gasteiger partial charge in [-0.25, -0.2) is 0 Å². The third kappa shape index (κ3) is 6.03. The van der Waals surface area contributed by atoms with Gasteiger partial charge < -0.3 is 24.0 Å². The number of methoxy groups -OCH3 is 2. The van der Waals surface area contributed by atoms with Crippen molar-refractivity contribution in [3.05, 3.63) is 40.1 Å². The van der Waals surface area contributed by atoms with E-state index in [0.29, 0.717) is 34.7 Å². The van der Waals surface area contributed by atoms with Crippen LogP contribution in [0.5, 0.6) is 17.2 Å². The van der Waals surface area contributed by atoms with E-state index in [9.17, 15) is 14.7 Å². The molecule has 1 aromatic carbocycles. The number of aromatic amines is 1. The highest BCUT2D eigenvalue weighted by atomic mass is 16.5. The molecule has 0 aliphatic rings. The Morgan fingerprint density at radius 2 is 1.68 bits per heavy atom. The number of aromatic hydroxyl groups is 1. The first-order valence-corrected chi connectivity index (χ1v) is 11.3. The zero-order valence-corrected chi connectivity index (χ0v) is 20.7. The fraction of sp³-hybridized carbons (Fsp3) is 0.440. The third-order valence-electron chi connectivity index (χ3n) is 4.81. The number of ketones is 1. The van der Waals surface area contributed by atoms with Gasteiger partial charge in [0.1, 0.15) is 28.6 Å². The second kappa shape index (κ2) is 12.6. The number of H-pyrrole nitrogens is 1. The molecule has 0 saturated carbocycles. The Bertz CT molecular complexity index is 1140. The number of aromatic nitrogens is 3. The smallest absolute Gasteiger partial charge is 0.264 e. The second-order valence-corrected chi connectivity index (χ2v) is 7.76. The maximum absolute atomic E-state index is 12.9. The number of nitrogens with one attached hydrogen (secondary N) is 1. The molecular formula is C25H33N3O6. The van der Waals surface area contributed by atoms with Crippen molar-refractivity contribution in [3.8, 4) is 39.8 Å². The topological polar surface area (TPSA) is 128 Å². The molecule has 9 heteroatoms. The van der Waals surface area contributed by atoms with Crippen LogP contribution in [0.25, 0.3) is 22.6 Å². The standard InChI is InChI=1S/C22H25N3O6.C3H8/c1-5-6-8-13-17(18-14(29-3)9-7-10-15(18)30-4)20(27)19(21(28)23-13)22-25-24-16(31-22)11-12(2)26;1-3-2/h7,9-10H,5-6,8,11H2,1-4H3,(H2,23,27,28);3H2,1-2H3. The van der Waals surface area contributed by atoms with E-state index in [0.717, 1.165) is 12.8 Å². The molecule has 3 aromatic rings. The summed E-state index contributed by atoms with van der Waals surface area (Å²) in [4.78, 5) is 27.1. The van der Waals surface area contributed by atoms with Gasteiger partial charge >= 0.3 is 0 Å². The van der Waals surface area contributed by atoms with Gasteiger partial charge in [0.25, 0.3) is 11.4 Å². The molecule has 2 heterocycles. The van der Waals surface area contributed by atoms with Crippen LogP contribution in [0.3, 0.4) is 0 Å². The number of aryl methyl sites for hydroxylation is 1. The summed E-state index contributed by atoms with van der Waals surface area (Å²) < 4.78 is 16.5. The van der Waals surface area contributed by atoms with Crippen molar-refractivity contribution < 1.29 is 23.8 Å². The van der Waals surface area contributed by atoms with Crippen molar-refractivity contribution in [2.75, 3.05) is 14.2 Å². The number of pyridine rings is 1. The Balaban J connectivity index is 0.00000129. The number of carbonyl (C=O) groups is 1. The third-order valence-corrected chi connectivity index (χ3v) is 4.81. The fourth-order valence-corrected chi connectivity index (χ4v) is 3.38. The van der Waals surface area contributed by atoms with E-state index < -0.39 is 5.56 Å². The molecule has 0 amide bonds. The first-order valence-electron chi connectivity index (χ1n) is 11.3. The van der Waals surface area contributed by atoms with E-state index in [4.69, 9.17) is 13.9 Å². The van der Waals surface area contributed by atoms with Crippen LogP contribution in [0.2, 0.25) is 0 Å². The molecule has 0 radical (unpaired) electrons. The van der Waals surface area contributed by atoms with Crippen LogP contribution in [0, 0.1) is 0 Å². The minimum absolute atomic E-state index is 0.0621. The summed E-state index contributed by atoms with van der Waals surface area (Å²) in [5.74, 6) is 0.333. The van der Waals surface area contributed by atoms with Crippen molar-refractivity contribution in [2.24, 2.45) is 0 Å². The highest BCUT2D eigenvalue weighted by Crippen LogP contribution is 2.46. The van der Waals surface area contributed by atoms with E-state index in [1.54, 1.807) is 18.2 Å². The first kappa shape index (κ1) is 26.6. The largest absolute Gasteiger partial charge is 0.506 e. The van der Waals surface area contributed by atoms with Crippen LogP contribution < -0.4 is 15.0 Å². The van der Waals surface area contributed by atoms with E-state index in [-0.39, 0.29) is 35.3 Å². The van der Waals surface area contributed by atoms with E-state index in [2.05, 4.69) is 29.0 Å². The maximum atomic E-state index is 12.9. The molecule has 184 valence electrons. The molecule has 2 N–H and O–H groups in total. The molecule has 0 saturated heterocycles. The molecule has 9 nitrogen and oxygen atoms in total. The molecule has 0 spiro atoms. The number of ether oxygens (including phenoxy) is 2. The monoisotopic (exact) mass is 471 g/mol. The van der Waals surface area contributed by atoms with Gasteiger partial charge in [0.05, 0.1) is 31.8 Å². The molecular weight excluding hydrogens is 438 g/mol. The number of hydrogen-bond donors (Lipinski definition) is 2. The Morgan fingerprint density at radius 1 is 1.06 bits per heavy atom. The van der Waals surface area contributed by atoms with Crippen molar-refractivity contribution in [2.45, 2.75) is 59.8 Å². The number of hydrogen-bond acceptors (Lipinski definition) is 8. The lowest BCUT2D eigenvalue weighted by atomic mass is 9.96. The van der Waals surface area contributed by atoms with Gasteiger partial charge in [-0.05, 0) is 31.9 Å². The van der Waals surface area contributed by atoms with Crippen LogP contribution in [0.1, 0.15) is 58.5 Å². The Morgan fingerprint density at radius 3 is 2.21 bits per heavy atom. The second-order valence-electron chi connectivity index (χ2n) is 7.76.